The lowest BCUT2D eigenvalue weighted by Gasteiger charge is -2.20. The molecule has 0 spiro atoms. The molecule has 0 aliphatic heterocycles. The smallest absolute Gasteiger partial charge is 0.491 e. The van der Waals surface area contributed by atoms with Gasteiger partial charge in [-0.25, -0.2) is 0 Å². The Morgan fingerprint density at radius 1 is 1.14 bits per heavy atom. The standard InChI is InChI=1S/C15H22F3NO2/c1-3-9-19-13(4-2)12-7-5-6-8-14(12)20-10-11-21-15(16,17)18/h5-8,13,19H,3-4,9-11H2,1-2H3. The Morgan fingerprint density at radius 2 is 1.86 bits per heavy atom. The van der Waals surface area contributed by atoms with Crippen molar-refractivity contribution >= 4 is 0 Å². The first kappa shape index (κ1) is 17.8. The number of rotatable bonds is 9. The monoisotopic (exact) mass is 305 g/mol. The normalized spacial score (nSPS) is 13.2. The van der Waals surface area contributed by atoms with Gasteiger partial charge >= 0.3 is 6.36 Å². The molecule has 1 aromatic carbocycles. The van der Waals surface area contributed by atoms with Gasteiger partial charge in [0.15, 0.2) is 0 Å². The minimum Gasteiger partial charge on any atom is -0.491 e. The van der Waals surface area contributed by atoms with Gasteiger partial charge in [-0.05, 0) is 25.5 Å². The second-order valence-corrected chi connectivity index (χ2v) is 4.60. The highest BCUT2D eigenvalue weighted by Crippen LogP contribution is 2.27. The van der Waals surface area contributed by atoms with Crippen molar-refractivity contribution in [3.63, 3.8) is 0 Å². The molecule has 0 saturated carbocycles. The van der Waals surface area contributed by atoms with Crippen LogP contribution < -0.4 is 10.1 Å². The van der Waals surface area contributed by atoms with Gasteiger partial charge in [-0.1, -0.05) is 32.0 Å². The van der Waals surface area contributed by atoms with E-state index in [9.17, 15) is 13.2 Å². The van der Waals surface area contributed by atoms with Crippen molar-refractivity contribution in [2.24, 2.45) is 0 Å². The van der Waals surface area contributed by atoms with Crippen molar-refractivity contribution in [2.45, 2.75) is 39.1 Å². The zero-order chi connectivity index (χ0) is 15.7. The van der Waals surface area contributed by atoms with Crippen LogP contribution in [-0.4, -0.2) is 26.1 Å². The molecule has 0 heterocycles. The van der Waals surface area contributed by atoms with E-state index >= 15 is 0 Å². The van der Waals surface area contributed by atoms with Crippen molar-refractivity contribution in [3.8, 4) is 5.75 Å². The fourth-order valence-electron chi connectivity index (χ4n) is 2.00. The summed E-state index contributed by atoms with van der Waals surface area (Å²) in [6.07, 6.45) is -2.73. The van der Waals surface area contributed by atoms with Crippen molar-refractivity contribution < 1.29 is 22.6 Å². The maximum Gasteiger partial charge on any atom is 0.522 e. The number of ether oxygens (including phenoxy) is 2. The van der Waals surface area contributed by atoms with E-state index in [2.05, 4.69) is 23.9 Å². The van der Waals surface area contributed by atoms with Crippen LogP contribution in [0.4, 0.5) is 13.2 Å². The van der Waals surface area contributed by atoms with Crippen molar-refractivity contribution in [2.75, 3.05) is 19.8 Å². The quantitative estimate of drug-likeness (QED) is 0.698. The molecule has 1 N–H and O–H groups in total. The van der Waals surface area contributed by atoms with Crippen LogP contribution in [0.3, 0.4) is 0 Å². The molecule has 21 heavy (non-hydrogen) atoms. The van der Waals surface area contributed by atoms with E-state index in [1.807, 2.05) is 12.1 Å². The molecule has 1 unspecified atom stereocenters. The average Bonchev–Trinajstić information content (AvgIpc) is 2.44. The Hall–Kier alpha value is -1.27. The van der Waals surface area contributed by atoms with Crippen LogP contribution in [0, 0.1) is 0 Å². The molecule has 0 bridgehead atoms. The van der Waals surface area contributed by atoms with Crippen LogP contribution in [-0.2, 0) is 4.74 Å². The predicted molar refractivity (Wildman–Crippen MR) is 75.3 cm³/mol. The number of halogens is 3. The Kier molecular flexibility index (Phi) is 7.53. The van der Waals surface area contributed by atoms with Crippen LogP contribution in [0.25, 0.3) is 0 Å². The van der Waals surface area contributed by atoms with Crippen LogP contribution in [0.5, 0.6) is 5.75 Å². The van der Waals surface area contributed by atoms with E-state index in [0.717, 1.165) is 24.9 Å². The largest absolute Gasteiger partial charge is 0.522 e. The van der Waals surface area contributed by atoms with Crippen LogP contribution >= 0.6 is 0 Å². The first-order valence-corrected chi connectivity index (χ1v) is 7.13. The molecule has 1 rings (SSSR count). The molecule has 120 valence electrons. The number of hydrogen-bond acceptors (Lipinski definition) is 3. The summed E-state index contributed by atoms with van der Waals surface area (Å²) in [5.74, 6) is 0.596. The molecule has 0 saturated heterocycles. The highest BCUT2D eigenvalue weighted by molar-refractivity contribution is 5.35. The van der Waals surface area contributed by atoms with Gasteiger partial charge in [-0.15, -0.1) is 13.2 Å². The maximum absolute atomic E-state index is 11.9. The summed E-state index contributed by atoms with van der Waals surface area (Å²) >= 11 is 0. The molecule has 6 heteroatoms. The summed E-state index contributed by atoms with van der Waals surface area (Å²) in [4.78, 5) is 0. The summed E-state index contributed by atoms with van der Waals surface area (Å²) in [7, 11) is 0. The summed E-state index contributed by atoms with van der Waals surface area (Å²) in [6.45, 7) is 4.36. The van der Waals surface area contributed by atoms with E-state index in [-0.39, 0.29) is 12.6 Å². The van der Waals surface area contributed by atoms with Gasteiger partial charge in [-0.2, -0.15) is 0 Å². The number of para-hydroxylation sites is 1. The molecule has 0 fully saturated rings. The minimum absolute atomic E-state index is 0.129. The lowest BCUT2D eigenvalue weighted by molar-refractivity contribution is -0.325. The average molecular weight is 305 g/mol. The van der Waals surface area contributed by atoms with E-state index in [1.54, 1.807) is 12.1 Å². The van der Waals surface area contributed by atoms with E-state index < -0.39 is 13.0 Å². The fraction of sp³-hybridized carbons (Fsp3) is 0.600. The molecule has 0 radical (unpaired) electrons. The minimum atomic E-state index is -4.61. The third kappa shape index (κ3) is 6.82. The number of hydrogen-bond donors (Lipinski definition) is 1. The first-order valence-electron chi connectivity index (χ1n) is 7.13. The van der Waals surface area contributed by atoms with E-state index in [1.165, 1.54) is 0 Å². The topological polar surface area (TPSA) is 30.5 Å². The Balaban J connectivity index is 2.61. The SMILES string of the molecule is CCCNC(CC)c1ccccc1OCCOC(F)(F)F. The third-order valence-electron chi connectivity index (χ3n) is 2.95. The Bertz CT molecular complexity index is 410. The van der Waals surface area contributed by atoms with Crippen LogP contribution in [0.2, 0.25) is 0 Å². The lowest BCUT2D eigenvalue weighted by Crippen LogP contribution is -2.23. The van der Waals surface area contributed by atoms with Crippen molar-refractivity contribution in [3.05, 3.63) is 29.8 Å². The van der Waals surface area contributed by atoms with E-state index in [4.69, 9.17) is 4.74 Å². The number of alkyl halides is 3. The highest BCUT2D eigenvalue weighted by Gasteiger charge is 2.28. The van der Waals surface area contributed by atoms with Crippen LogP contribution in [0.15, 0.2) is 24.3 Å². The Morgan fingerprint density at radius 3 is 2.48 bits per heavy atom. The van der Waals surface area contributed by atoms with Crippen molar-refractivity contribution in [1.82, 2.24) is 5.32 Å². The highest BCUT2D eigenvalue weighted by atomic mass is 19.4. The predicted octanol–water partition coefficient (Wildman–Crippen LogP) is 4.05. The van der Waals surface area contributed by atoms with Gasteiger partial charge in [0, 0.05) is 11.6 Å². The lowest BCUT2D eigenvalue weighted by atomic mass is 10.0. The fourth-order valence-corrected chi connectivity index (χ4v) is 2.00. The van der Waals surface area contributed by atoms with Gasteiger partial charge < -0.3 is 10.1 Å². The zero-order valence-electron chi connectivity index (χ0n) is 12.4. The summed E-state index contributed by atoms with van der Waals surface area (Å²) in [5, 5.41) is 3.40. The summed E-state index contributed by atoms with van der Waals surface area (Å²) in [5.41, 5.74) is 0.959. The number of benzene rings is 1. The molecule has 0 aliphatic rings. The van der Waals surface area contributed by atoms with Gasteiger partial charge in [0.1, 0.15) is 12.4 Å². The summed E-state index contributed by atoms with van der Waals surface area (Å²) in [6, 6.07) is 7.51. The van der Waals surface area contributed by atoms with Crippen LogP contribution in [0.1, 0.15) is 38.3 Å². The maximum atomic E-state index is 11.9. The number of nitrogens with one attached hydrogen (secondary N) is 1. The Labute approximate surface area is 123 Å². The molecular weight excluding hydrogens is 283 g/mol. The first-order chi connectivity index (χ1) is 9.98. The molecular formula is C15H22F3NO2. The van der Waals surface area contributed by atoms with Gasteiger partial charge in [-0.3, -0.25) is 4.74 Å². The molecule has 1 aromatic rings. The molecule has 0 aliphatic carbocycles. The van der Waals surface area contributed by atoms with E-state index in [0.29, 0.717) is 5.75 Å². The molecule has 0 aromatic heterocycles. The second kappa shape index (κ2) is 8.89. The molecule has 1 atom stereocenters. The van der Waals surface area contributed by atoms with Crippen molar-refractivity contribution in [1.29, 1.82) is 0 Å². The van der Waals surface area contributed by atoms with Gasteiger partial charge in [0.2, 0.25) is 0 Å². The second-order valence-electron chi connectivity index (χ2n) is 4.60. The molecule has 3 nitrogen and oxygen atoms in total. The van der Waals surface area contributed by atoms with Gasteiger partial charge in [0.05, 0.1) is 6.61 Å². The summed E-state index contributed by atoms with van der Waals surface area (Å²) < 4.78 is 44.8. The third-order valence-corrected chi connectivity index (χ3v) is 2.95. The molecule has 0 amide bonds. The van der Waals surface area contributed by atoms with Gasteiger partial charge in [0.25, 0.3) is 0 Å². The zero-order valence-corrected chi connectivity index (χ0v) is 12.4.